The van der Waals surface area contributed by atoms with E-state index in [9.17, 15) is 4.79 Å². The van der Waals surface area contributed by atoms with E-state index in [4.69, 9.17) is 24.0 Å². The molecule has 3 aromatic carbocycles. The molecule has 0 N–H and O–H groups in total. The first-order chi connectivity index (χ1) is 16.9. The van der Waals surface area contributed by atoms with E-state index in [1.165, 1.54) is 14.0 Å². The van der Waals surface area contributed by atoms with E-state index in [-0.39, 0.29) is 6.04 Å². The fourth-order valence-corrected chi connectivity index (χ4v) is 5.28. The van der Waals surface area contributed by atoms with Crippen molar-refractivity contribution in [2.45, 2.75) is 25.6 Å². The van der Waals surface area contributed by atoms with Gasteiger partial charge in [0.05, 0.1) is 30.4 Å². The highest BCUT2D eigenvalue weighted by Crippen LogP contribution is 2.50. The van der Waals surface area contributed by atoms with Crippen molar-refractivity contribution in [2.75, 3.05) is 14.2 Å². The van der Waals surface area contributed by atoms with Gasteiger partial charge < -0.3 is 18.9 Å². The molecule has 0 aromatic heterocycles. The number of hydrogen-bond acceptors (Lipinski definition) is 7. The van der Waals surface area contributed by atoms with Gasteiger partial charge in [-0.2, -0.15) is 5.10 Å². The molecule has 0 spiro atoms. The summed E-state index contributed by atoms with van der Waals surface area (Å²) in [6.45, 7) is 1.35. The van der Waals surface area contributed by atoms with Gasteiger partial charge in [-0.15, -0.1) is 0 Å². The molecule has 9 heteroatoms. The molecule has 2 atom stereocenters. The molecule has 0 aliphatic carbocycles. The number of halogens is 2. The molecule has 0 saturated heterocycles. The first-order valence-electron chi connectivity index (χ1n) is 10.9. The molecule has 0 bridgehead atoms. The van der Waals surface area contributed by atoms with Crippen molar-refractivity contribution < 1.29 is 23.7 Å². The number of nitrogens with zero attached hydrogens (tertiary/aromatic N) is 2. The summed E-state index contributed by atoms with van der Waals surface area (Å²) in [5, 5.41) is 6.99. The van der Waals surface area contributed by atoms with Crippen LogP contribution in [-0.4, -0.2) is 30.9 Å². The highest BCUT2D eigenvalue weighted by molar-refractivity contribution is 9.10. The van der Waals surface area contributed by atoms with E-state index < -0.39 is 12.2 Å². The number of benzene rings is 3. The number of hydrazone groups is 1. The molecule has 2 aliphatic heterocycles. The maximum absolute atomic E-state index is 11.6. The van der Waals surface area contributed by atoms with Gasteiger partial charge in [-0.25, -0.2) is 5.01 Å². The van der Waals surface area contributed by atoms with Gasteiger partial charge in [0.15, 0.2) is 11.5 Å². The van der Waals surface area contributed by atoms with Crippen LogP contribution in [-0.2, 0) is 4.79 Å². The number of fused-ring (bicyclic) bond motifs is 3. The lowest BCUT2D eigenvalue weighted by Gasteiger charge is -2.38. The molecule has 0 amide bonds. The molecule has 5 rings (SSSR count). The van der Waals surface area contributed by atoms with Gasteiger partial charge in [-0.3, -0.25) is 4.79 Å². The Hall–Kier alpha value is -3.04. The van der Waals surface area contributed by atoms with Crippen LogP contribution in [0.1, 0.15) is 42.3 Å². The van der Waals surface area contributed by atoms with Crippen LogP contribution in [0.4, 0.5) is 0 Å². The Morgan fingerprint density at radius 1 is 1.06 bits per heavy atom. The van der Waals surface area contributed by atoms with Gasteiger partial charge in [-0.1, -0.05) is 15.9 Å². The number of esters is 1. The predicted molar refractivity (Wildman–Crippen MR) is 138 cm³/mol. The predicted octanol–water partition coefficient (Wildman–Crippen LogP) is 6.40. The molecule has 0 saturated carbocycles. The highest BCUT2D eigenvalue weighted by atomic mass is 79.9. The molecular weight excluding hydrogens is 580 g/mol. The van der Waals surface area contributed by atoms with Crippen LogP contribution in [0.3, 0.4) is 0 Å². The van der Waals surface area contributed by atoms with E-state index in [1.807, 2.05) is 53.5 Å². The van der Waals surface area contributed by atoms with Gasteiger partial charge in [0.2, 0.25) is 6.23 Å². The Balaban J connectivity index is 1.59. The number of carbonyl (C=O) groups is 1. The fourth-order valence-electron chi connectivity index (χ4n) is 4.36. The summed E-state index contributed by atoms with van der Waals surface area (Å²) in [7, 11) is 3.18. The van der Waals surface area contributed by atoms with Crippen molar-refractivity contribution in [3.63, 3.8) is 0 Å². The average molecular weight is 602 g/mol. The molecule has 7 nitrogen and oxygen atoms in total. The van der Waals surface area contributed by atoms with Gasteiger partial charge in [-0.05, 0) is 76.1 Å². The minimum Gasteiger partial charge on any atom is -0.497 e. The lowest BCUT2D eigenvalue weighted by atomic mass is 9.96. The summed E-state index contributed by atoms with van der Waals surface area (Å²) in [4.78, 5) is 11.6. The van der Waals surface area contributed by atoms with Gasteiger partial charge in [0, 0.05) is 28.9 Å². The van der Waals surface area contributed by atoms with E-state index in [0.29, 0.717) is 16.0 Å². The number of carbonyl (C=O) groups excluding carboxylic acids is 1. The quantitative estimate of drug-likeness (QED) is 0.249. The normalized spacial score (nSPS) is 18.2. The fraction of sp³-hybridized carbons (Fsp3) is 0.231. The van der Waals surface area contributed by atoms with Crippen LogP contribution in [0, 0.1) is 0 Å². The minimum absolute atomic E-state index is 0.0173. The lowest BCUT2D eigenvalue weighted by Crippen LogP contribution is -2.33. The Bertz CT molecular complexity index is 1330. The average Bonchev–Trinajstić information content (AvgIpc) is 3.30. The Morgan fingerprint density at radius 2 is 1.83 bits per heavy atom. The number of hydrogen-bond donors (Lipinski definition) is 0. The number of methoxy groups -OCH3 is 2. The van der Waals surface area contributed by atoms with E-state index >= 15 is 0 Å². The van der Waals surface area contributed by atoms with Crippen LogP contribution in [0.15, 0.2) is 68.6 Å². The van der Waals surface area contributed by atoms with Crippen molar-refractivity contribution >= 4 is 43.5 Å². The topological polar surface area (TPSA) is 69.6 Å². The number of rotatable bonds is 5. The second-order valence-corrected chi connectivity index (χ2v) is 9.93. The summed E-state index contributed by atoms with van der Waals surface area (Å²) < 4.78 is 24.2. The Labute approximate surface area is 219 Å². The SMILES string of the molecule is COc1ccc(C2=NN3[C@@H](C2)c2cc(Br)ccc2O[C@H]3c2cc(Br)c(OC(C)=O)c(OC)c2)cc1. The molecule has 0 fully saturated rings. The van der Waals surface area contributed by atoms with Gasteiger partial charge >= 0.3 is 5.97 Å². The molecule has 2 heterocycles. The zero-order valence-corrected chi connectivity index (χ0v) is 22.4. The monoisotopic (exact) mass is 600 g/mol. The van der Waals surface area contributed by atoms with Crippen LogP contribution in [0.5, 0.6) is 23.0 Å². The standard InChI is InChI=1S/C26H22Br2N2O5/c1-14(31)34-25-20(28)10-16(11-24(25)33-3)26-30-22(19-12-17(27)6-9-23(19)35-26)13-21(29-30)15-4-7-18(32-2)8-5-15/h4-12,22,26H,13H2,1-3H3/t22-,26-/m0/s1. The summed E-state index contributed by atoms with van der Waals surface area (Å²) in [5.74, 6) is 1.91. The highest BCUT2D eigenvalue weighted by Gasteiger charge is 2.41. The maximum atomic E-state index is 11.6. The van der Waals surface area contributed by atoms with E-state index in [2.05, 4.69) is 37.9 Å². The van der Waals surface area contributed by atoms with Crippen LogP contribution < -0.4 is 18.9 Å². The lowest BCUT2D eigenvalue weighted by molar-refractivity contribution is -0.132. The second kappa shape index (κ2) is 9.54. The molecule has 180 valence electrons. The third kappa shape index (κ3) is 4.50. The first-order valence-corrected chi connectivity index (χ1v) is 12.5. The molecule has 2 aliphatic rings. The zero-order chi connectivity index (χ0) is 24.7. The zero-order valence-electron chi connectivity index (χ0n) is 19.2. The summed E-state index contributed by atoms with van der Waals surface area (Å²) >= 11 is 7.11. The van der Waals surface area contributed by atoms with Crippen LogP contribution >= 0.6 is 31.9 Å². The largest absolute Gasteiger partial charge is 0.497 e. The van der Waals surface area contributed by atoms with Crippen molar-refractivity contribution in [2.24, 2.45) is 5.10 Å². The molecule has 3 aromatic rings. The Morgan fingerprint density at radius 3 is 2.51 bits per heavy atom. The third-order valence-corrected chi connectivity index (χ3v) is 7.04. The van der Waals surface area contributed by atoms with Gasteiger partial charge in [0.25, 0.3) is 0 Å². The molecule has 0 unspecified atom stereocenters. The van der Waals surface area contributed by atoms with E-state index in [0.717, 1.165) is 44.8 Å². The summed E-state index contributed by atoms with van der Waals surface area (Å²) in [6, 6.07) is 17.6. The molecule has 35 heavy (non-hydrogen) atoms. The van der Waals surface area contributed by atoms with Crippen LogP contribution in [0.25, 0.3) is 0 Å². The van der Waals surface area contributed by atoms with Gasteiger partial charge in [0.1, 0.15) is 11.5 Å². The minimum atomic E-state index is -0.513. The first kappa shape index (κ1) is 23.7. The van der Waals surface area contributed by atoms with Crippen molar-refractivity contribution in [1.29, 1.82) is 0 Å². The summed E-state index contributed by atoms with van der Waals surface area (Å²) in [5.41, 5.74) is 3.86. The smallest absolute Gasteiger partial charge is 0.308 e. The van der Waals surface area contributed by atoms with Crippen LogP contribution in [0.2, 0.25) is 0 Å². The summed E-state index contributed by atoms with van der Waals surface area (Å²) in [6.07, 6.45) is 0.209. The van der Waals surface area contributed by atoms with Crippen molar-refractivity contribution in [3.8, 4) is 23.0 Å². The Kier molecular flexibility index (Phi) is 6.46. The third-order valence-electron chi connectivity index (χ3n) is 5.96. The number of ether oxygens (including phenoxy) is 4. The van der Waals surface area contributed by atoms with Crippen molar-refractivity contribution in [3.05, 3.63) is 80.2 Å². The second-order valence-electron chi connectivity index (χ2n) is 8.16. The maximum Gasteiger partial charge on any atom is 0.308 e. The molecule has 0 radical (unpaired) electrons. The van der Waals surface area contributed by atoms with E-state index in [1.54, 1.807) is 7.11 Å². The van der Waals surface area contributed by atoms with Crippen molar-refractivity contribution in [1.82, 2.24) is 5.01 Å². The molecular formula is C26H22Br2N2O5.